The number of carbonyl (C=O) groups excluding carboxylic acids is 1. The van der Waals surface area contributed by atoms with Gasteiger partial charge in [0.05, 0.1) is 6.04 Å². The average Bonchev–Trinajstić information content (AvgIpc) is 2.42. The van der Waals surface area contributed by atoms with Crippen LogP contribution < -0.4 is 10.2 Å². The van der Waals surface area contributed by atoms with Gasteiger partial charge >= 0.3 is 0 Å². The Balaban J connectivity index is 2.54. The summed E-state index contributed by atoms with van der Waals surface area (Å²) in [6.07, 6.45) is 0.955. The lowest BCUT2D eigenvalue weighted by molar-refractivity contribution is -0.120. The standard InChI is InChI=1S/C16H24N2O/c1-11-7-6-8-14(12(11)2)18-15(19)13(3)17-10-9-16(18,4)5/h6-8,13,17H,9-10H2,1-5H3. The van der Waals surface area contributed by atoms with Gasteiger partial charge in [-0.1, -0.05) is 12.1 Å². The molecule has 1 unspecified atom stereocenters. The van der Waals surface area contributed by atoms with E-state index in [-0.39, 0.29) is 17.5 Å². The van der Waals surface area contributed by atoms with E-state index in [9.17, 15) is 4.79 Å². The Labute approximate surface area is 116 Å². The Hall–Kier alpha value is -1.35. The van der Waals surface area contributed by atoms with Crippen LogP contribution in [0.2, 0.25) is 0 Å². The van der Waals surface area contributed by atoms with Crippen molar-refractivity contribution in [3.05, 3.63) is 29.3 Å². The molecule has 0 aliphatic carbocycles. The van der Waals surface area contributed by atoms with Crippen LogP contribution in [0.4, 0.5) is 5.69 Å². The zero-order valence-electron chi connectivity index (χ0n) is 12.6. The van der Waals surface area contributed by atoms with Gasteiger partial charge in [-0.3, -0.25) is 4.79 Å². The molecule has 104 valence electrons. The molecule has 3 heteroatoms. The number of carbonyl (C=O) groups is 1. The highest BCUT2D eigenvalue weighted by Crippen LogP contribution is 2.32. The maximum atomic E-state index is 12.7. The predicted molar refractivity (Wildman–Crippen MR) is 79.6 cm³/mol. The molecule has 1 atom stereocenters. The highest BCUT2D eigenvalue weighted by Gasteiger charge is 2.37. The summed E-state index contributed by atoms with van der Waals surface area (Å²) in [5.41, 5.74) is 3.31. The van der Waals surface area contributed by atoms with Gasteiger partial charge in [-0.05, 0) is 64.8 Å². The van der Waals surface area contributed by atoms with Crippen molar-refractivity contribution < 1.29 is 4.79 Å². The van der Waals surface area contributed by atoms with Crippen molar-refractivity contribution >= 4 is 11.6 Å². The summed E-state index contributed by atoms with van der Waals surface area (Å²) in [6.45, 7) is 11.3. The van der Waals surface area contributed by atoms with Crippen LogP contribution in [-0.4, -0.2) is 24.0 Å². The predicted octanol–water partition coefficient (Wildman–Crippen LogP) is 2.80. The monoisotopic (exact) mass is 260 g/mol. The van der Waals surface area contributed by atoms with Crippen molar-refractivity contribution in [3.63, 3.8) is 0 Å². The molecule has 1 aliphatic heterocycles. The third-order valence-electron chi connectivity index (χ3n) is 4.20. The Kier molecular flexibility index (Phi) is 3.68. The van der Waals surface area contributed by atoms with Gasteiger partial charge < -0.3 is 10.2 Å². The van der Waals surface area contributed by atoms with Gasteiger partial charge in [-0.2, -0.15) is 0 Å². The van der Waals surface area contributed by atoms with Crippen molar-refractivity contribution in [1.29, 1.82) is 0 Å². The largest absolute Gasteiger partial charge is 0.306 e. The number of amides is 1. The first kappa shape index (κ1) is 14.1. The number of hydrogen-bond donors (Lipinski definition) is 1. The third-order valence-corrected chi connectivity index (χ3v) is 4.20. The van der Waals surface area contributed by atoms with E-state index >= 15 is 0 Å². The summed E-state index contributed by atoms with van der Waals surface area (Å²) in [7, 11) is 0. The van der Waals surface area contributed by atoms with Gasteiger partial charge in [0.2, 0.25) is 5.91 Å². The Morgan fingerprint density at radius 1 is 1.32 bits per heavy atom. The molecule has 1 fully saturated rings. The van der Waals surface area contributed by atoms with E-state index in [0.717, 1.165) is 18.7 Å². The molecule has 0 saturated carbocycles. The molecular weight excluding hydrogens is 236 g/mol. The number of aryl methyl sites for hydroxylation is 1. The van der Waals surface area contributed by atoms with E-state index in [0.29, 0.717) is 0 Å². The van der Waals surface area contributed by atoms with Gasteiger partial charge in [0.25, 0.3) is 0 Å². The molecule has 0 bridgehead atoms. The lowest BCUT2D eigenvalue weighted by Gasteiger charge is -2.38. The smallest absolute Gasteiger partial charge is 0.244 e. The average molecular weight is 260 g/mol. The number of rotatable bonds is 1. The first-order chi connectivity index (χ1) is 8.84. The highest BCUT2D eigenvalue weighted by atomic mass is 16.2. The number of anilines is 1. The molecule has 1 heterocycles. The second-order valence-electron chi connectivity index (χ2n) is 6.13. The molecule has 0 radical (unpaired) electrons. The maximum Gasteiger partial charge on any atom is 0.244 e. The molecule has 1 aromatic carbocycles. The lowest BCUT2D eigenvalue weighted by Crippen LogP contribution is -2.51. The molecule has 19 heavy (non-hydrogen) atoms. The molecule has 1 aliphatic rings. The van der Waals surface area contributed by atoms with Gasteiger partial charge in [-0.25, -0.2) is 0 Å². The summed E-state index contributed by atoms with van der Waals surface area (Å²) in [6, 6.07) is 6.06. The fourth-order valence-corrected chi connectivity index (χ4v) is 2.71. The van der Waals surface area contributed by atoms with E-state index in [4.69, 9.17) is 0 Å². The van der Waals surface area contributed by atoms with Crippen LogP contribution >= 0.6 is 0 Å². The van der Waals surface area contributed by atoms with Crippen LogP contribution in [0.5, 0.6) is 0 Å². The molecular formula is C16H24N2O. The third kappa shape index (κ3) is 2.52. The van der Waals surface area contributed by atoms with Crippen molar-refractivity contribution in [2.75, 3.05) is 11.4 Å². The molecule has 3 nitrogen and oxygen atoms in total. The lowest BCUT2D eigenvalue weighted by atomic mass is 9.95. The van der Waals surface area contributed by atoms with Crippen LogP contribution in [0.25, 0.3) is 0 Å². The topological polar surface area (TPSA) is 32.3 Å². The molecule has 1 amide bonds. The number of nitrogens with one attached hydrogen (secondary N) is 1. The summed E-state index contributed by atoms with van der Waals surface area (Å²) >= 11 is 0. The maximum absolute atomic E-state index is 12.7. The summed E-state index contributed by atoms with van der Waals surface area (Å²) in [5, 5.41) is 3.29. The Bertz CT molecular complexity index is 494. The molecule has 0 spiro atoms. The van der Waals surface area contributed by atoms with Gasteiger partial charge in [0.15, 0.2) is 0 Å². The van der Waals surface area contributed by atoms with Crippen LogP contribution in [-0.2, 0) is 4.79 Å². The molecule has 2 rings (SSSR count). The highest BCUT2D eigenvalue weighted by molar-refractivity contribution is 5.99. The van der Waals surface area contributed by atoms with Gasteiger partial charge in [-0.15, -0.1) is 0 Å². The molecule has 0 aromatic heterocycles. The normalized spacial score (nSPS) is 23.3. The fraction of sp³-hybridized carbons (Fsp3) is 0.562. The fourth-order valence-electron chi connectivity index (χ4n) is 2.71. The zero-order chi connectivity index (χ0) is 14.2. The van der Waals surface area contributed by atoms with E-state index < -0.39 is 0 Å². The van der Waals surface area contributed by atoms with E-state index in [1.807, 2.05) is 17.9 Å². The first-order valence-corrected chi connectivity index (χ1v) is 6.98. The van der Waals surface area contributed by atoms with Gasteiger partial charge in [0, 0.05) is 11.2 Å². The molecule has 1 aromatic rings. The summed E-state index contributed by atoms with van der Waals surface area (Å²) in [5.74, 6) is 0.163. The van der Waals surface area contributed by atoms with Gasteiger partial charge in [0.1, 0.15) is 0 Å². The van der Waals surface area contributed by atoms with Crippen molar-refractivity contribution in [1.82, 2.24) is 5.32 Å². The minimum atomic E-state index is -0.159. The van der Waals surface area contributed by atoms with E-state index in [1.54, 1.807) is 0 Å². The summed E-state index contributed by atoms with van der Waals surface area (Å²) < 4.78 is 0. The van der Waals surface area contributed by atoms with Crippen LogP contribution in [0.3, 0.4) is 0 Å². The number of hydrogen-bond acceptors (Lipinski definition) is 2. The number of benzene rings is 1. The number of nitrogens with zero attached hydrogens (tertiary/aromatic N) is 1. The minimum absolute atomic E-state index is 0.123. The summed E-state index contributed by atoms with van der Waals surface area (Å²) in [4.78, 5) is 14.7. The quantitative estimate of drug-likeness (QED) is 0.842. The second-order valence-corrected chi connectivity index (χ2v) is 6.13. The van der Waals surface area contributed by atoms with Crippen molar-refractivity contribution in [2.45, 2.75) is 52.6 Å². The Morgan fingerprint density at radius 3 is 2.68 bits per heavy atom. The van der Waals surface area contributed by atoms with E-state index in [1.165, 1.54) is 11.1 Å². The molecule has 1 saturated heterocycles. The van der Waals surface area contributed by atoms with Crippen molar-refractivity contribution in [3.8, 4) is 0 Å². The first-order valence-electron chi connectivity index (χ1n) is 6.98. The Morgan fingerprint density at radius 2 is 2.00 bits per heavy atom. The zero-order valence-corrected chi connectivity index (χ0v) is 12.6. The minimum Gasteiger partial charge on any atom is -0.306 e. The van der Waals surface area contributed by atoms with Crippen LogP contribution in [0.15, 0.2) is 18.2 Å². The van der Waals surface area contributed by atoms with E-state index in [2.05, 4.69) is 45.1 Å². The van der Waals surface area contributed by atoms with Crippen LogP contribution in [0.1, 0.15) is 38.3 Å². The second kappa shape index (κ2) is 4.97. The van der Waals surface area contributed by atoms with Crippen molar-refractivity contribution in [2.24, 2.45) is 0 Å². The van der Waals surface area contributed by atoms with Crippen LogP contribution in [0, 0.1) is 13.8 Å². The SMILES string of the molecule is Cc1cccc(N2C(=O)C(C)NCCC2(C)C)c1C. The molecule has 1 N–H and O–H groups in total.